The van der Waals surface area contributed by atoms with E-state index >= 15 is 0 Å². The second-order valence-electron chi connectivity index (χ2n) is 6.30. The molecule has 0 amide bonds. The van der Waals surface area contributed by atoms with Crippen molar-refractivity contribution in [2.45, 2.75) is 6.54 Å². The molecule has 7 heteroatoms. The average molecular weight is 389 g/mol. The molecule has 1 heterocycles. The Hall–Kier alpha value is -3.87. The maximum Gasteiger partial charge on any atom is 0.249 e. The Morgan fingerprint density at radius 2 is 1.55 bits per heavy atom. The van der Waals surface area contributed by atoms with Crippen molar-refractivity contribution in [2.24, 2.45) is 0 Å². The molecule has 0 atom stereocenters. The van der Waals surface area contributed by atoms with Gasteiger partial charge in [0.2, 0.25) is 5.95 Å². The number of para-hydroxylation sites is 1. The largest absolute Gasteiger partial charge is 0.323 e. The molecule has 0 spiro atoms. The number of aromatic nitrogens is 3. The zero-order valence-electron chi connectivity index (χ0n) is 15.3. The molecule has 5 nitrogen and oxygen atoms in total. The number of benzene rings is 3. The van der Waals surface area contributed by atoms with Crippen LogP contribution in [0.15, 0.2) is 85.1 Å². The van der Waals surface area contributed by atoms with E-state index in [0.717, 1.165) is 23.4 Å². The zero-order valence-corrected chi connectivity index (χ0v) is 15.3. The van der Waals surface area contributed by atoms with Crippen LogP contribution in [0.5, 0.6) is 0 Å². The van der Waals surface area contributed by atoms with E-state index in [-0.39, 0.29) is 5.95 Å². The second-order valence-corrected chi connectivity index (χ2v) is 6.30. The molecule has 0 bridgehead atoms. The van der Waals surface area contributed by atoms with E-state index < -0.39 is 11.6 Å². The van der Waals surface area contributed by atoms with Crippen molar-refractivity contribution in [1.29, 1.82) is 0 Å². The van der Waals surface area contributed by atoms with Crippen LogP contribution in [0, 0.1) is 11.6 Å². The molecular formula is C22H17F2N5. The molecule has 0 aliphatic carbocycles. The summed E-state index contributed by atoms with van der Waals surface area (Å²) < 4.78 is 26.6. The third-order valence-electron chi connectivity index (χ3n) is 4.25. The molecule has 4 rings (SSSR count). The first kappa shape index (κ1) is 18.5. The Kier molecular flexibility index (Phi) is 5.38. The Balaban J connectivity index is 1.65. The summed E-state index contributed by atoms with van der Waals surface area (Å²) in [7, 11) is 0. The van der Waals surface area contributed by atoms with Gasteiger partial charge in [-0.25, -0.2) is 8.78 Å². The monoisotopic (exact) mass is 389 g/mol. The summed E-state index contributed by atoms with van der Waals surface area (Å²) in [4.78, 5) is 6.52. The predicted octanol–water partition coefficient (Wildman–Crippen LogP) is 5.23. The van der Waals surface area contributed by atoms with Gasteiger partial charge in [-0.05, 0) is 29.8 Å². The summed E-state index contributed by atoms with van der Waals surface area (Å²) in [6, 6.07) is 23.3. The molecule has 144 valence electrons. The first-order valence-electron chi connectivity index (χ1n) is 8.97. The van der Waals surface area contributed by atoms with Gasteiger partial charge in [-0.1, -0.05) is 48.5 Å². The molecule has 0 aliphatic heterocycles. The van der Waals surface area contributed by atoms with Gasteiger partial charge in [-0.2, -0.15) is 10.1 Å². The van der Waals surface area contributed by atoms with Crippen LogP contribution in [0.25, 0.3) is 0 Å². The molecule has 1 N–H and O–H groups in total. The van der Waals surface area contributed by atoms with Gasteiger partial charge in [0.1, 0.15) is 0 Å². The van der Waals surface area contributed by atoms with E-state index in [2.05, 4.69) is 20.5 Å². The smallest absolute Gasteiger partial charge is 0.249 e. The van der Waals surface area contributed by atoms with Gasteiger partial charge in [0.15, 0.2) is 17.5 Å². The van der Waals surface area contributed by atoms with E-state index in [1.54, 1.807) is 6.20 Å². The summed E-state index contributed by atoms with van der Waals surface area (Å²) in [5.74, 6) is -1.11. The van der Waals surface area contributed by atoms with Crippen LogP contribution in [0.4, 0.5) is 31.9 Å². The maximum atomic E-state index is 13.5. The van der Waals surface area contributed by atoms with Crippen molar-refractivity contribution in [1.82, 2.24) is 15.2 Å². The topological polar surface area (TPSA) is 53.9 Å². The lowest BCUT2D eigenvalue weighted by atomic mass is 10.2. The molecule has 4 aromatic rings. The van der Waals surface area contributed by atoms with Gasteiger partial charge in [-0.15, -0.1) is 5.10 Å². The molecular weight excluding hydrogens is 372 g/mol. The zero-order chi connectivity index (χ0) is 20.1. The first-order valence-corrected chi connectivity index (χ1v) is 8.97. The molecule has 0 saturated carbocycles. The third kappa shape index (κ3) is 4.52. The van der Waals surface area contributed by atoms with E-state index in [1.165, 1.54) is 6.07 Å². The lowest BCUT2D eigenvalue weighted by molar-refractivity contribution is 0.509. The van der Waals surface area contributed by atoms with Crippen molar-refractivity contribution >= 4 is 23.1 Å². The Morgan fingerprint density at radius 1 is 0.828 bits per heavy atom. The van der Waals surface area contributed by atoms with Crippen LogP contribution in [-0.2, 0) is 6.54 Å². The normalized spacial score (nSPS) is 10.6. The van der Waals surface area contributed by atoms with E-state index in [4.69, 9.17) is 0 Å². The van der Waals surface area contributed by atoms with Crippen molar-refractivity contribution in [3.05, 3.63) is 102 Å². The van der Waals surface area contributed by atoms with E-state index in [9.17, 15) is 8.78 Å². The number of anilines is 4. The first-order chi connectivity index (χ1) is 14.2. The summed E-state index contributed by atoms with van der Waals surface area (Å²) in [5, 5.41) is 10.8. The van der Waals surface area contributed by atoms with Crippen LogP contribution in [0.3, 0.4) is 0 Å². The molecule has 3 aromatic carbocycles. The number of hydrogen-bond donors (Lipinski definition) is 1. The molecule has 0 aliphatic rings. The average Bonchev–Trinajstić information content (AvgIpc) is 2.76. The minimum absolute atomic E-state index is 0.183. The summed E-state index contributed by atoms with van der Waals surface area (Å²) in [6.45, 7) is 0.578. The number of nitrogens with zero attached hydrogens (tertiary/aromatic N) is 4. The van der Waals surface area contributed by atoms with Crippen molar-refractivity contribution < 1.29 is 8.78 Å². The molecule has 0 radical (unpaired) electrons. The lowest BCUT2D eigenvalue weighted by Gasteiger charge is -2.24. The van der Waals surface area contributed by atoms with Gasteiger partial charge in [0.25, 0.3) is 0 Å². The van der Waals surface area contributed by atoms with Gasteiger partial charge >= 0.3 is 0 Å². The van der Waals surface area contributed by atoms with Crippen molar-refractivity contribution in [3.8, 4) is 0 Å². The minimum atomic E-state index is -0.950. The summed E-state index contributed by atoms with van der Waals surface area (Å²) in [5.41, 5.74) is 2.37. The molecule has 0 fully saturated rings. The second kappa shape index (κ2) is 8.43. The van der Waals surface area contributed by atoms with Gasteiger partial charge in [0, 0.05) is 24.0 Å². The standard InChI is InChI=1S/C22H17F2N5/c23-19-12-11-17(13-20(19)24)26-22-27-21(14-25-28-22)29(18-9-5-2-6-10-18)15-16-7-3-1-4-8-16/h1-14H,15H2,(H,26,27,28). The highest BCUT2D eigenvalue weighted by Crippen LogP contribution is 2.26. The molecule has 29 heavy (non-hydrogen) atoms. The molecule has 0 unspecified atom stereocenters. The van der Waals surface area contributed by atoms with Gasteiger partial charge in [0.05, 0.1) is 6.20 Å². The van der Waals surface area contributed by atoms with Crippen LogP contribution >= 0.6 is 0 Å². The van der Waals surface area contributed by atoms with Crippen molar-refractivity contribution in [3.63, 3.8) is 0 Å². The highest BCUT2D eigenvalue weighted by atomic mass is 19.2. The van der Waals surface area contributed by atoms with E-state index in [1.807, 2.05) is 65.6 Å². The summed E-state index contributed by atoms with van der Waals surface area (Å²) in [6.07, 6.45) is 1.56. The highest BCUT2D eigenvalue weighted by Gasteiger charge is 2.14. The summed E-state index contributed by atoms with van der Waals surface area (Å²) >= 11 is 0. The van der Waals surface area contributed by atoms with Crippen LogP contribution in [0.2, 0.25) is 0 Å². The SMILES string of the molecule is Fc1ccc(Nc2nncc(N(Cc3ccccc3)c3ccccc3)n2)cc1F. The van der Waals surface area contributed by atoms with Gasteiger partial charge < -0.3 is 10.2 Å². The van der Waals surface area contributed by atoms with Crippen LogP contribution in [0.1, 0.15) is 5.56 Å². The third-order valence-corrected chi connectivity index (χ3v) is 4.25. The maximum absolute atomic E-state index is 13.5. The molecule has 1 aromatic heterocycles. The van der Waals surface area contributed by atoms with E-state index in [0.29, 0.717) is 18.1 Å². The van der Waals surface area contributed by atoms with Crippen LogP contribution < -0.4 is 10.2 Å². The fraction of sp³-hybridized carbons (Fsp3) is 0.0455. The van der Waals surface area contributed by atoms with Crippen molar-refractivity contribution in [2.75, 3.05) is 10.2 Å². The quantitative estimate of drug-likeness (QED) is 0.489. The Morgan fingerprint density at radius 3 is 2.28 bits per heavy atom. The fourth-order valence-electron chi connectivity index (χ4n) is 2.86. The fourth-order valence-corrected chi connectivity index (χ4v) is 2.86. The number of rotatable bonds is 6. The van der Waals surface area contributed by atoms with Crippen LogP contribution in [-0.4, -0.2) is 15.2 Å². The van der Waals surface area contributed by atoms with Gasteiger partial charge in [-0.3, -0.25) is 0 Å². The number of hydrogen-bond acceptors (Lipinski definition) is 5. The highest BCUT2D eigenvalue weighted by molar-refractivity contribution is 5.61. The number of halogens is 2. The lowest BCUT2D eigenvalue weighted by Crippen LogP contribution is -2.18. The Bertz CT molecular complexity index is 1090. The Labute approximate surface area is 166 Å². The predicted molar refractivity (Wildman–Crippen MR) is 108 cm³/mol. The minimum Gasteiger partial charge on any atom is -0.323 e. The molecule has 0 saturated heterocycles. The number of nitrogens with one attached hydrogen (secondary N) is 1.